The molecule has 0 atom stereocenters. The zero-order valence-electron chi connectivity index (χ0n) is 100. The fourth-order valence-electron chi connectivity index (χ4n) is 22.1. The summed E-state index contributed by atoms with van der Waals surface area (Å²) in [5, 5.41) is 2.49. The van der Waals surface area contributed by atoms with Crippen LogP contribution in [0.2, 0.25) is 0 Å². The van der Waals surface area contributed by atoms with Gasteiger partial charge in [-0.25, -0.2) is 0 Å². The Morgan fingerprint density at radius 1 is 0.211 bits per heavy atom. The predicted octanol–water partition coefficient (Wildman–Crippen LogP) is 35.7. The van der Waals surface area contributed by atoms with Crippen molar-refractivity contribution in [2.45, 2.75) is 78.6 Å². The molecule has 2 aliphatic rings. The van der Waals surface area contributed by atoms with Gasteiger partial charge in [0.1, 0.15) is 0 Å². The highest BCUT2D eigenvalue weighted by atomic mass is 15.2. The minimum absolute atomic E-state index is 0.0680. The van der Waals surface area contributed by atoms with E-state index in [2.05, 4.69) is 98.7 Å². The fourth-order valence-corrected chi connectivity index (χ4v) is 22.1. The Morgan fingerprint density at radius 3 is 0.741 bits per heavy atom. The second-order valence-corrected chi connectivity index (χ2v) is 41.3. The fraction of sp³-hybridized carbons (Fsp3) is 0.0870. The van der Waals surface area contributed by atoms with Crippen LogP contribution in [-0.2, 0) is 16.2 Å². The molecule has 0 saturated heterocycles. The molecule has 21 aromatic carbocycles. The van der Waals surface area contributed by atoms with Gasteiger partial charge in [0.05, 0.1) is 80.2 Å². The minimum Gasteiger partial charge on any atom is -0.310 e. The number of fused-ring (bicyclic) bond motifs is 16. The van der Waals surface area contributed by atoms with Crippen molar-refractivity contribution < 1.29 is 24.7 Å². The maximum Gasteiger partial charge on any atom is 0.252 e. The smallest absolute Gasteiger partial charge is 0.252 e. The van der Waals surface area contributed by atoms with Crippen LogP contribution < -0.4 is 36.0 Å². The van der Waals surface area contributed by atoms with Gasteiger partial charge in [0, 0.05) is 145 Å². The van der Waals surface area contributed by atoms with Crippen molar-refractivity contribution in [3.05, 3.63) is 502 Å². The van der Waals surface area contributed by atoms with Crippen molar-refractivity contribution in [1.29, 1.82) is 0 Å². The normalized spacial score (nSPS) is 14.3. The first-order valence-corrected chi connectivity index (χ1v) is 50.0. The summed E-state index contributed by atoms with van der Waals surface area (Å²) in [7, 11) is 0. The molecule has 0 bridgehead atoms. The van der Waals surface area contributed by atoms with Crippen molar-refractivity contribution in [3.63, 3.8) is 0 Å². The second kappa shape index (κ2) is 34.4. The third-order valence-electron chi connectivity index (χ3n) is 29.2. The van der Waals surface area contributed by atoms with Crippen molar-refractivity contribution in [2.24, 2.45) is 0 Å². The van der Waals surface area contributed by atoms with E-state index in [4.69, 9.17) is 0 Å². The first-order valence-electron chi connectivity index (χ1n) is 59.0. The van der Waals surface area contributed by atoms with Gasteiger partial charge < -0.3 is 37.9 Å². The van der Waals surface area contributed by atoms with Crippen LogP contribution in [0.3, 0.4) is 0 Å². The molecule has 25 aromatic rings. The van der Waals surface area contributed by atoms with E-state index in [1.807, 2.05) is 350 Å². The molecular formula is C138H107BN8. The van der Waals surface area contributed by atoms with E-state index in [0.29, 0.717) is 123 Å². The van der Waals surface area contributed by atoms with Gasteiger partial charge in [-0.1, -0.05) is 341 Å². The number of rotatable bonds is 16. The topological polar surface area (TPSA) is 32.7 Å². The highest BCUT2D eigenvalue weighted by Gasteiger charge is 2.47. The Bertz CT molecular complexity index is 9830. The molecule has 0 amide bonds. The summed E-state index contributed by atoms with van der Waals surface area (Å²) in [5.74, 6) is 0. The lowest BCUT2D eigenvalue weighted by atomic mass is 9.33. The number of hydrogen-bond acceptors (Lipinski definition) is 4. The summed E-state index contributed by atoms with van der Waals surface area (Å²) in [6.45, 7) is 17.5. The van der Waals surface area contributed by atoms with Crippen molar-refractivity contribution >= 4 is 179 Å². The SMILES string of the molecule is [2H]c1c([2H])c(-n2c3c([2H])c([2H])c(N(c4ccccc4)c4ccccc4)c([2H])c3c3c([2H])c(-n4c5ccccc5c5ccccc54)c([2H])c([2H])c32)c([2H])c2c1B1c3c(cc(C(C)(C)C)cc3N(c3c(-c4ccccc4)cc(C(C)(C)C)cc3-c3ccccc3)c3c([2H])c(-n4c5c([2H])c([2H])c(N(c6ccccc6)c6ccccc6)c([2H])c5c5c([2H])c(-n6c7ccccc7c7ccccc76)c([2H])c([2H])c54)c([2H])c([2H])c31)N2c1c(-c2ccccc2)cc(C(C)(C)C)cc1-c1ccccc1. The van der Waals surface area contributed by atoms with E-state index >= 15 is 0 Å². The first-order chi connectivity index (χ1) is 79.5. The third kappa shape index (κ3) is 14.6. The molecular weight excluding hydrogens is 1780 g/mol. The Kier molecular flexibility index (Phi) is 16.6. The van der Waals surface area contributed by atoms with Gasteiger partial charge in [0.2, 0.25) is 0 Å². The van der Waals surface area contributed by atoms with Gasteiger partial charge in [0.15, 0.2) is 0 Å². The minimum atomic E-state index is -1.68. The molecule has 0 fully saturated rings. The Hall–Kier alpha value is -17.9. The Morgan fingerprint density at radius 2 is 0.449 bits per heavy atom. The van der Waals surface area contributed by atoms with Gasteiger partial charge >= 0.3 is 0 Å². The maximum atomic E-state index is 12.6. The van der Waals surface area contributed by atoms with Crippen molar-refractivity contribution in [2.75, 3.05) is 19.6 Å². The summed E-state index contributed by atoms with van der Waals surface area (Å²) in [6.07, 6.45) is 0. The Balaban J connectivity index is 0.862. The van der Waals surface area contributed by atoms with Crippen LogP contribution in [0, 0.1) is 0 Å². The molecule has 4 aromatic heterocycles. The summed E-state index contributed by atoms with van der Waals surface area (Å²) >= 11 is 0. The van der Waals surface area contributed by atoms with E-state index in [0.717, 1.165) is 32.7 Å². The van der Waals surface area contributed by atoms with Gasteiger partial charge in [0.25, 0.3) is 6.71 Å². The van der Waals surface area contributed by atoms with Gasteiger partial charge in [-0.15, -0.1) is 0 Å². The molecule has 0 spiro atoms. The van der Waals surface area contributed by atoms with Crippen molar-refractivity contribution in [1.82, 2.24) is 18.3 Å². The first kappa shape index (κ1) is 70.7. The second-order valence-electron chi connectivity index (χ2n) is 41.3. The average Bonchev–Trinajstić information content (AvgIpc) is 1.56. The quantitative estimate of drug-likeness (QED) is 0.0903. The highest BCUT2D eigenvalue weighted by Crippen LogP contribution is 2.58. The summed E-state index contributed by atoms with van der Waals surface area (Å²) in [5.41, 5.74) is 8.91. The molecule has 0 unspecified atom stereocenters. The molecule has 0 saturated carbocycles. The van der Waals surface area contributed by atoms with Gasteiger partial charge in [-0.2, -0.15) is 0 Å². The van der Waals surface area contributed by atoms with Crippen LogP contribution >= 0.6 is 0 Å². The van der Waals surface area contributed by atoms with E-state index in [1.54, 1.807) is 18.9 Å². The molecule has 0 N–H and O–H groups in total. The van der Waals surface area contributed by atoms with E-state index in [-0.39, 0.29) is 101 Å². The number of hydrogen-bond donors (Lipinski definition) is 0. The van der Waals surface area contributed by atoms with Crippen LogP contribution in [0.5, 0.6) is 0 Å². The molecule has 2 aliphatic heterocycles. The lowest BCUT2D eigenvalue weighted by Gasteiger charge is -2.47. The summed E-state index contributed by atoms with van der Waals surface area (Å²) in [6, 6.07) is 110. The predicted molar refractivity (Wildman–Crippen MR) is 625 cm³/mol. The monoisotopic (exact) mass is 1900 g/mol. The molecule has 8 nitrogen and oxygen atoms in total. The average molecular weight is 1910 g/mol. The van der Waals surface area contributed by atoms with Crippen LogP contribution in [-0.4, -0.2) is 25.0 Å². The largest absolute Gasteiger partial charge is 0.310 e. The highest BCUT2D eigenvalue weighted by molar-refractivity contribution is 7.00. The molecule has 9 heteroatoms. The van der Waals surface area contributed by atoms with Crippen LogP contribution in [0.1, 0.15) is 104 Å². The summed E-state index contributed by atoms with van der Waals surface area (Å²) < 4.78 is 214. The van der Waals surface area contributed by atoms with E-state index in [9.17, 15) is 24.7 Å². The molecule has 702 valence electrons. The van der Waals surface area contributed by atoms with E-state index in [1.165, 1.54) is 9.13 Å². The zero-order valence-corrected chi connectivity index (χ0v) is 82.5. The zero-order chi connectivity index (χ0) is 114. The van der Waals surface area contributed by atoms with Crippen molar-refractivity contribution in [3.8, 4) is 67.3 Å². The molecule has 6 heterocycles. The lowest BCUT2D eigenvalue weighted by Crippen LogP contribution is -2.61. The number of aromatic nitrogens is 4. The maximum absolute atomic E-state index is 12.6. The number of anilines is 12. The Labute approximate surface area is 883 Å². The number of para-hydroxylation sites is 8. The van der Waals surface area contributed by atoms with Crippen LogP contribution in [0.15, 0.2) is 485 Å². The van der Waals surface area contributed by atoms with Crippen LogP contribution in [0.4, 0.5) is 68.2 Å². The van der Waals surface area contributed by atoms with Crippen LogP contribution in [0.25, 0.3) is 154 Å². The molecule has 0 radical (unpaired) electrons. The third-order valence-corrected chi connectivity index (χ3v) is 29.2. The number of benzene rings is 21. The summed E-state index contributed by atoms with van der Waals surface area (Å²) in [4.78, 5) is 7.43. The number of nitrogens with zero attached hydrogens (tertiary/aromatic N) is 8. The van der Waals surface area contributed by atoms with Gasteiger partial charge in [-0.3, -0.25) is 0 Å². The molecule has 0 aliphatic carbocycles. The standard InChI is InChI=1S/C138H107BN8/c1-136(2,3)94-78-111(90-42-18-10-19-43-90)134(112(79-94)91-44-20-11-21-45-91)146-129-88-105(144-125-74-68-101(140(97-50-26-14-27-51-97)98-52-28-15-29-53-98)84-115(125)117-86-103(70-76-127(117)144)142-121-62-38-34-58-107(121)108-59-35-39-63-122(108)142)66-72-119(129)139-120-73-67-106(89-130(120)147(132-83-96(138(7,8)9)82-131(146)133(132)139)135-113(92-46-22-12-23-47-92)80-95(137(4,5)6)81-114(135)93-48-24-13-25-49-93)145-126-75-69-102(141(99-54-30-16-31-55-99)100-56-32-17-33-57-100)85-116(126)118-87-104(71-77-128(118)145)143-123-64-40-36-60-109(123)110-61-37-41-65-124(110)143/h10-89H,1-9H3/i66D,67D,68D,69D,70D,71D,72D,73D,74D,75D,76D,77D,84D,85D,86D,87D,88D,89D. The molecule has 27 rings (SSSR count). The molecule has 147 heavy (non-hydrogen) atoms. The van der Waals surface area contributed by atoms with E-state index < -0.39 is 131 Å². The van der Waals surface area contributed by atoms with Gasteiger partial charge in [-0.05, 0) is 277 Å². The lowest BCUT2D eigenvalue weighted by molar-refractivity contribution is 0.590.